The fourth-order valence-corrected chi connectivity index (χ4v) is 2.69. The highest BCUT2D eigenvalue weighted by Gasteiger charge is 2.35. The van der Waals surface area contributed by atoms with E-state index in [1.54, 1.807) is 36.3 Å². The van der Waals surface area contributed by atoms with Crippen LogP contribution in [0.15, 0.2) is 24.3 Å². The van der Waals surface area contributed by atoms with Crippen molar-refractivity contribution in [2.75, 3.05) is 13.7 Å². The summed E-state index contributed by atoms with van der Waals surface area (Å²) in [6, 6.07) is 6.59. The number of hydrogen-bond donors (Lipinski definition) is 1. The summed E-state index contributed by atoms with van der Waals surface area (Å²) in [7, 11) is 1.54. The number of carboxylic acids is 1. The molecule has 1 aromatic carbocycles. The number of carbonyl (C=O) groups is 2. The van der Waals surface area contributed by atoms with E-state index in [0.717, 1.165) is 5.56 Å². The maximum Gasteiger partial charge on any atom is 0.305 e. The lowest BCUT2D eigenvalue weighted by atomic mass is 10.0. The molecule has 1 fully saturated rings. The molecule has 1 saturated heterocycles. The quantitative estimate of drug-likeness (QED) is 0.845. The van der Waals surface area contributed by atoms with Gasteiger partial charge >= 0.3 is 5.97 Å². The van der Waals surface area contributed by atoms with Gasteiger partial charge in [-0.15, -0.1) is 11.6 Å². The lowest BCUT2D eigenvalue weighted by Crippen LogP contribution is -2.32. The fourth-order valence-electron chi connectivity index (χ4n) is 2.41. The number of rotatable bonds is 5. The van der Waals surface area contributed by atoms with Gasteiger partial charge in [0.05, 0.1) is 24.9 Å². The first-order chi connectivity index (χ1) is 9.51. The van der Waals surface area contributed by atoms with Gasteiger partial charge in [0.15, 0.2) is 0 Å². The van der Waals surface area contributed by atoms with Crippen molar-refractivity contribution in [3.05, 3.63) is 29.8 Å². The highest BCUT2D eigenvalue weighted by Crippen LogP contribution is 2.32. The zero-order valence-corrected chi connectivity index (χ0v) is 11.8. The molecule has 0 bridgehead atoms. The lowest BCUT2D eigenvalue weighted by molar-refractivity contribution is -0.139. The van der Waals surface area contributed by atoms with E-state index in [-0.39, 0.29) is 24.1 Å². The smallest absolute Gasteiger partial charge is 0.305 e. The van der Waals surface area contributed by atoms with Crippen LogP contribution in [0.5, 0.6) is 5.75 Å². The SMILES string of the molecule is COc1cccc(C(CC(=O)O)N2CC(Cl)CC2=O)c1. The minimum atomic E-state index is -0.955. The maximum atomic E-state index is 12.0. The Labute approximate surface area is 122 Å². The van der Waals surface area contributed by atoms with E-state index in [2.05, 4.69) is 0 Å². The van der Waals surface area contributed by atoms with Gasteiger partial charge in [-0.1, -0.05) is 12.1 Å². The second-order valence-corrected chi connectivity index (χ2v) is 5.35. The molecule has 0 saturated carbocycles. The van der Waals surface area contributed by atoms with Gasteiger partial charge < -0.3 is 14.7 Å². The molecule has 1 aromatic rings. The van der Waals surface area contributed by atoms with Crippen LogP contribution in [0.25, 0.3) is 0 Å². The Kier molecular flexibility index (Phi) is 4.49. The molecule has 0 spiro atoms. The van der Waals surface area contributed by atoms with Gasteiger partial charge in [0.2, 0.25) is 5.91 Å². The Morgan fingerprint density at radius 3 is 2.90 bits per heavy atom. The zero-order valence-electron chi connectivity index (χ0n) is 11.1. The molecule has 108 valence electrons. The van der Waals surface area contributed by atoms with Crippen molar-refractivity contribution in [2.45, 2.75) is 24.3 Å². The van der Waals surface area contributed by atoms with Crippen molar-refractivity contribution in [1.29, 1.82) is 0 Å². The van der Waals surface area contributed by atoms with E-state index in [9.17, 15) is 9.59 Å². The first-order valence-corrected chi connectivity index (χ1v) is 6.74. The number of alkyl halides is 1. The predicted octanol–water partition coefficient (Wildman–Crippen LogP) is 2.05. The number of halogens is 1. The van der Waals surface area contributed by atoms with Crippen LogP contribution in [0.1, 0.15) is 24.4 Å². The molecule has 2 rings (SSSR count). The standard InChI is InChI=1S/C14H16ClNO4/c1-20-11-4-2-3-9(5-11)12(7-14(18)19)16-8-10(15)6-13(16)17/h2-5,10,12H,6-8H2,1H3,(H,18,19). The largest absolute Gasteiger partial charge is 0.497 e. The second-order valence-electron chi connectivity index (χ2n) is 4.74. The first kappa shape index (κ1) is 14.7. The van der Waals surface area contributed by atoms with Crippen LogP contribution in [-0.2, 0) is 9.59 Å². The minimum Gasteiger partial charge on any atom is -0.497 e. The van der Waals surface area contributed by atoms with Gasteiger partial charge in [-0.2, -0.15) is 0 Å². The highest BCUT2D eigenvalue weighted by atomic mass is 35.5. The van der Waals surface area contributed by atoms with Crippen molar-refractivity contribution in [3.63, 3.8) is 0 Å². The molecule has 5 nitrogen and oxygen atoms in total. The average Bonchev–Trinajstić information content (AvgIpc) is 2.74. The molecule has 1 heterocycles. The molecule has 20 heavy (non-hydrogen) atoms. The Morgan fingerprint density at radius 2 is 2.35 bits per heavy atom. The summed E-state index contributed by atoms with van der Waals surface area (Å²) in [4.78, 5) is 24.6. The van der Waals surface area contributed by atoms with Crippen molar-refractivity contribution in [1.82, 2.24) is 4.90 Å². The van der Waals surface area contributed by atoms with Crippen LogP contribution in [0.3, 0.4) is 0 Å². The van der Waals surface area contributed by atoms with Gasteiger partial charge in [0.1, 0.15) is 5.75 Å². The molecular formula is C14H16ClNO4. The number of carboxylic acid groups (broad SMARTS) is 1. The monoisotopic (exact) mass is 297 g/mol. The minimum absolute atomic E-state index is 0.112. The Morgan fingerprint density at radius 1 is 1.60 bits per heavy atom. The third-order valence-electron chi connectivity index (χ3n) is 3.33. The van der Waals surface area contributed by atoms with E-state index in [1.165, 1.54) is 0 Å². The molecule has 1 N–H and O–H groups in total. The van der Waals surface area contributed by atoms with Gasteiger partial charge in [-0.05, 0) is 17.7 Å². The summed E-state index contributed by atoms with van der Waals surface area (Å²) in [6.45, 7) is 0.371. The number of nitrogens with zero attached hydrogens (tertiary/aromatic N) is 1. The molecule has 2 unspecified atom stereocenters. The van der Waals surface area contributed by atoms with Gasteiger partial charge in [0.25, 0.3) is 0 Å². The number of hydrogen-bond acceptors (Lipinski definition) is 3. The summed E-state index contributed by atoms with van der Waals surface area (Å²) < 4.78 is 5.14. The van der Waals surface area contributed by atoms with E-state index >= 15 is 0 Å². The summed E-state index contributed by atoms with van der Waals surface area (Å²) in [5.41, 5.74) is 0.742. The van der Waals surface area contributed by atoms with Crippen LogP contribution in [0, 0.1) is 0 Å². The fraction of sp³-hybridized carbons (Fsp3) is 0.429. The van der Waals surface area contributed by atoms with E-state index in [1.807, 2.05) is 0 Å². The Hall–Kier alpha value is -1.75. The van der Waals surface area contributed by atoms with Gasteiger partial charge in [0, 0.05) is 13.0 Å². The number of methoxy groups -OCH3 is 1. The summed E-state index contributed by atoms with van der Waals surface area (Å²) in [5.74, 6) is -0.435. The van der Waals surface area contributed by atoms with Crippen molar-refractivity contribution in [3.8, 4) is 5.75 Å². The molecule has 1 aliphatic rings. The number of carbonyl (C=O) groups excluding carboxylic acids is 1. The second kappa shape index (κ2) is 6.13. The van der Waals surface area contributed by atoms with Crippen LogP contribution in [-0.4, -0.2) is 40.9 Å². The van der Waals surface area contributed by atoms with Crippen LogP contribution in [0.4, 0.5) is 0 Å². The van der Waals surface area contributed by atoms with Crippen LogP contribution in [0.2, 0.25) is 0 Å². The number of ether oxygens (including phenoxy) is 1. The van der Waals surface area contributed by atoms with Crippen molar-refractivity contribution < 1.29 is 19.4 Å². The number of likely N-dealkylation sites (tertiary alicyclic amines) is 1. The Bertz CT molecular complexity index is 520. The number of amides is 1. The molecular weight excluding hydrogens is 282 g/mol. The van der Waals surface area contributed by atoms with Gasteiger partial charge in [-0.25, -0.2) is 0 Å². The van der Waals surface area contributed by atoms with E-state index in [4.69, 9.17) is 21.4 Å². The predicted molar refractivity (Wildman–Crippen MR) is 74.0 cm³/mol. The van der Waals surface area contributed by atoms with E-state index < -0.39 is 12.0 Å². The topological polar surface area (TPSA) is 66.8 Å². The molecule has 0 radical (unpaired) electrons. The molecule has 6 heteroatoms. The summed E-state index contributed by atoms with van der Waals surface area (Å²) in [5, 5.41) is 8.82. The van der Waals surface area contributed by atoms with E-state index in [0.29, 0.717) is 12.3 Å². The lowest BCUT2D eigenvalue weighted by Gasteiger charge is -2.27. The third-order valence-corrected chi connectivity index (χ3v) is 3.63. The zero-order chi connectivity index (χ0) is 14.7. The van der Waals surface area contributed by atoms with Crippen molar-refractivity contribution >= 4 is 23.5 Å². The average molecular weight is 298 g/mol. The number of aliphatic carboxylic acids is 1. The van der Waals surface area contributed by atoms with Crippen molar-refractivity contribution in [2.24, 2.45) is 0 Å². The molecule has 0 aromatic heterocycles. The maximum absolute atomic E-state index is 12.0. The summed E-state index contributed by atoms with van der Waals surface area (Å²) >= 11 is 5.99. The van der Waals surface area contributed by atoms with Gasteiger partial charge in [-0.3, -0.25) is 9.59 Å². The third kappa shape index (κ3) is 3.22. The van der Waals surface area contributed by atoms with Crippen LogP contribution >= 0.6 is 11.6 Å². The number of benzene rings is 1. The molecule has 1 amide bonds. The molecule has 0 aliphatic carbocycles. The Balaban J connectivity index is 2.31. The molecule has 1 aliphatic heterocycles. The normalized spacial score (nSPS) is 20.0. The molecule has 2 atom stereocenters. The summed E-state index contributed by atoms with van der Waals surface area (Å²) in [6.07, 6.45) is 0.101. The van der Waals surface area contributed by atoms with Crippen LogP contribution < -0.4 is 4.74 Å². The highest BCUT2D eigenvalue weighted by molar-refractivity contribution is 6.22. The first-order valence-electron chi connectivity index (χ1n) is 6.30.